The Labute approximate surface area is 134 Å². The van der Waals surface area contributed by atoms with E-state index in [1.165, 1.54) is 12.1 Å². The Kier molecular flexibility index (Phi) is 3.90. The summed E-state index contributed by atoms with van der Waals surface area (Å²) in [6, 6.07) is 1.97. The molecule has 0 saturated carbocycles. The van der Waals surface area contributed by atoms with Crippen molar-refractivity contribution < 1.29 is 4.74 Å². The van der Waals surface area contributed by atoms with Crippen LogP contribution in [0.15, 0.2) is 24.0 Å². The molecule has 0 aliphatic carbocycles. The van der Waals surface area contributed by atoms with Gasteiger partial charge in [-0.15, -0.1) is 11.3 Å². The van der Waals surface area contributed by atoms with E-state index in [1.54, 1.807) is 23.9 Å². The highest BCUT2D eigenvalue weighted by Gasteiger charge is 2.40. The van der Waals surface area contributed by atoms with E-state index >= 15 is 0 Å². The van der Waals surface area contributed by atoms with E-state index in [9.17, 15) is 0 Å². The van der Waals surface area contributed by atoms with E-state index in [-0.39, 0.29) is 6.10 Å². The Morgan fingerprint density at radius 2 is 2.41 bits per heavy atom. The van der Waals surface area contributed by atoms with Crippen LogP contribution in [0.3, 0.4) is 0 Å². The number of hydrogen-bond donors (Lipinski definition) is 0. The average Bonchev–Trinajstić information content (AvgIpc) is 3.14. The molecule has 22 heavy (non-hydrogen) atoms. The predicted molar refractivity (Wildman–Crippen MR) is 84.5 cm³/mol. The lowest BCUT2D eigenvalue weighted by molar-refractivity contribution is -0.0109. The van der Waals surface area contributed by atoms with Crippen LogP contribution in [-0.4, -0.2) is 39.0 Å². The topological polar surface area (TPSA) is 51.1 Å². The van der Waals surface area contributed by atoms with Crippen LogP contribution in [0, 0.1) is 12.8 Å². The first-order valence-corrected chi connectivity index (χ1v) is 8.70. The van der Waals surface area contributed by atoms with Crippen molar-refractivity contribution in [2.45, 2.75) is 38.5 Å². The molecule has 0 bridgehead atoms. The molecule has 0 unspecified atom stereocenters. The molecule has 116 valence electrons. The highest BCUT2D eigenvalue weighted by atomic mass is 32.1. The van der Waals surface area contributed by atoms with E-state index in [0.717, 1.165) is 36.8 Å². The van der Waals surface area contributed by atoms with Crippen LogP contribution in [0.1, 0.15) is 35.3 Å². The van der Waals surface area contributed by atoms with Crippen LogP contribution < -0.4 is 0 Å². The molecule has 0 spiro atoms. The minimum atomic E-state index is 0.138. The molecule has 0 radical (unpaired) electrons. The number of likely N-dealkylation sites (tertiary alicyclic amines) is 1. The lowest BCUT2D eigenvalue weighted by atomic mass is 9.91. The van der Waals surface area contributed by atoms with Crippen LogP contribution in [0.5, 0.6) is 0 Å². The molecule has 0 N–H and O–H groups in total. The van der Waals surface area contributed by atoms with Gasteiger partial charge in [-0.25, -0.2) is 15.0 Å². The van der Waals surface area contributed by atoms with Gasteiger partial charge in [0.1, 0.15) is 12.4 Å². The van der Waals surface area contributed by atoms with Gasteiger partial charge in [-0.05, 0) is 38.3 Å². The lowest BCUT2D eigenvalue weighted by Crippen LogP contribution is -2.41. The minimum absolute atomic E-state index is 0.138. The molecule has 2 aliphatic heterocycles. The summed E-state index contributed by atoms with van der Waals surface area (Å²) in [4.78, 5) is 15.4. The van der Waals surface area contributed by atoms with Gasteiger partial charge in [0, 0.05) is 24.7 Å². The van der Waals surface area contributed by atoms with E-state index in [2.05, 4.69) is 32.2 Å². The zero-order valence-corrected chi connectivity index (χ0v) is 13.5. The van der Waals surface area contributed by atoms with E-state index in [0.29, 0.717) is 12.0 Å². The minimum Gasteiger partial charge on any atom is -0.367 e. The standard InChI is InChI=1S/C16H20N4OS/c1-11-19-13(9-22-11)7-20-5-3-12-6-15(21-16(12)8-20)14-2-4-17-10-18-14/h2,4,9-10,12,15-16H,3,5-8H2,1H3/t12-,15-,16+/m1/s1. The number of thiazole rings is 1. The van der Waals surface area contributed by atoms with Gasteiger partial charge < -0.3 is 4.74 Å². The molecule has 4 rings (SSSR count). The molecule has 2 aromatic heterocycles. The molecule has 2 saturated heterocycles. The lowest BCUT2D eigenvalue weighted by Gasteiger charge is -2.33. The first-order chi connectivity index (χ1) is 10.8. The number of nitrogens with zero attached hydrogens (tertiary/aromatic N) is 4. The smallest absolute Gasteiger partial charge is 0.115 e. The van der Waals surface area contributed by atoms with E-state index in [4.69, 9.17) is 4.74 Å². The van der Waals surface area contributed by atoms with Crippen molar-refractivity contribution in [2.24, 2.45) is 5.92 Å². The molecular weight excluding hydrogens is 296 g/mol. The first-order valence-electron chi connectivity index (χ1n) is 7.82. The van der Waals surface area contributed by atoms with Crippen molar-refractivity contribution in [3.63, 3.8) is 0 Å². The molecule has 4 heterocycles. The number of rotatable bonds is 3. The maximum atomic E-state index is 6.27. The maximum Gasteiger partial charge on any atom is 0.115 e. The van der Waals surface area contributed by atoms with Gasteiger partial charge in [-0.3, -0.25) is 4.90 Å². The number of ether oxygens (including phenoxy) is 1. The summed E-state index contributed by atoms with van der Waals surface area (Å²) in [5.41, 5.74) is 2.21. The number of fused-ring (bicyclic) bond motifs is 1. The van der Waals surface area contributed by atoms with E-state index in [1.807, 2.05) is 6.07 Å². The van der Waals surface area contributed by atoms with Crippen molar-refractivity contribution in [2.75, 3.05) is 13.1 Å². The van der Waals surface area contributed by atoms with Gasteiger partial charge in [-0.2, -0.15) is 0 Å². The maximum absolute atomic E-state index is 6.27. The third-order valence-corrected chi connectivity index (χ3v) is 5.45. The fraction of sp³-hybridized carbons (Fsp3) is 0.562. The Hall–Kier alpha value is -1.37. The molecule has 0 amide bonds. The Bertz CT molecular complexity index is 632. The van der Waals surface area contributed by atoms with Crippen LogP contribution in [0.4, 0.5) is 0 Å². The summed E-state index contributed by atoms with van der Waals surface area (Å²) in [6.07, 6.45) is 6.16. The molecular formula is C16H20N4OS. The van der Waals surface area contributed by atoms with Crippen molar-refractivity contribution in [1.29, 1.82) is 0 Å². The second kappa shape index (κ2) is 6.02. The number of hydrogen-bond acceptors (Lipinski definition) is 6. The normalized spacial score (nSPS) is 28.7. The van der Waals surface area contributed by atoms with Crippen molar-refractivity contribution in [3.05, 3.63) is 40.4 Å². The predicted octanol–water partition coefficient (Wildman–Crippen LogP) is 2.59. The van der Waals surface area contributed by atoms with Crippen LogP contribution in [0.2, 0.25) is 0 Å². The molecule has 5 nitrogen and oxygen atoms in total. The number of piperidine rings is 1. The van der Waals surface area contributed by atoms with Crippen molar-refractivity contribution in [1.82, 2.24) is 19.9 Å². The summed E-state index contributed by atoms with van der Waals surface area (Å²) in [7, 11) is 0. The zero-order valence-electron chi connectivity index (χ0n) is 12.7. The van der Waals surface area contributed by atoms with Gasteiger partial charge in [0.15, 0.2) is 0 Å². The highest BCUT2D eigenvalue weighted by Crippen LogP contribution is 2.40. The summed E-state index contributed by atoms with van der Waals surface area (Å²) in [5, 5.41) is 3.31. The molecule has 2 aromatic rings. The summed E-state index contributed by atoms with van der Waals surface area (Å²) < 4.78 is 6.27. The molecule has 0 aromatic carbocycles. The number of aromatic nitrogens is 3. The monoisotopic (exact) mass is 316 g/mol. The van der Waals surface area contributed by atoms with Crippen LogP contribution >= 0.6 is 11.3 Å². The quantitative estimate of drug-likeness (QED) is 0.871. The third kappa shape index (κ3) is 2.91. The fourth-order valence-electron chi connectivity index (χ4n) is 3.53. The second-order valence-corrected chi connectivity index (χ2v) is 7.24. The first kappa shape index (κ1) is 14.2. The van der Waals surface area contributed by atoms with Gasteiger partial charge in [-0.1, -0.05) is 0 Å². The molecule has 2 aliphatic rings. The van der Waals surface area contributed by atoms with Crippen molar-refractivity contribution >= 4 is 11.3 Å². The zero-order chi connectivity index (χ0) is 14.9. The summed E-state index contributed by atoms with van der Waals surface area (Å²) in [5.74, 6) is 0.661. The van der Waals surface area contributed by atoms with Crippen LogP contribution in [-0.2, 0) is 11.3 Å². The molecule has 2 fully saturated rings. The SMILES string of the molecule is Cc1nc(CN2CC[C@@H]3C[C@H](c4ccncn4)O[C@H]3C2)cs1. The van der Waals surface area contributed by atoms with Crippen molar-refractivity contribution in [3.8, 4) is 0 Å². The van der Waals surface area contributed by atoms with Gasteiger partial charge >= 0.3 is 0 Å². The fourth-order valence-corrected chi connectivity index (χ4v) is 4.13. The highest BCUT2D eigenvalue weighted by molar-refractivity contribution is 7.09. The molecule has 3 atom stereocenters. The largest absolute Gasteiger partial charge is 0.367 e. The van der Waals surface area contributed by atoms with Gasteiger partial charge in [0.05, 0.1) is 22.5 Å². The molecule has 6 heteroatoms. The second-order valence-electron chi connectivity index (χ2n) is 6.17. The number of aryl methyl sites for hydroxylation is 1. The Morgan fingerprint density at radius 3 is 3.18 bits per heavy atom. The third-order valence-electron chi connectivity index (χ3n) is 4.62. The Balaban J connectivity index is 1.39. The van der Waals surface area contributed by atoms with E-state index < -0.39 is 0 Å². The van der Waals surface area contributed by atoms with Gasteiger partial charge in [0.25, 0.3) is 0 Å². The van der Waals surface area contributed by atoms with Crippen LogP contribution in [0.25, 0.3) is 0 Å². The summed E-state index contributed by atoms with van der Waals surface area (Å²) >= 11 is 1.73. The average molecular weight is 316 g/mol. The van der Waals surface area contributed by atoms with Gasteiger partial charge in [0.2, 0.25) is 0 Å². The summed E-state index contributed by atoms with van der Waals surface area (Å²) in [6.45, 7) is 5.14. The Morgan fingerprint density at radius 1 is 1.45 bits per heavy atom.